The molecular weight excluding hydrogens is 215 g/mol. The highest BCUT2D eigenvalue weighted by atomic mass is 19.1. The molecule has 0 aliphatic rings. The van der Waals surface area contributed by atoms with Crippen molar-refractivity contribution < 1.29 is 23.5 Å². The zero-order chi connectivity index (χ0) is 12.1. The molecule has 0 N–H and O–H groups in total. The smallest absolute Gasteiger partial charge is 0.343 e. The van der Waals surface area contributed by atoms with Gasteiger partial charge in [0, 0.05) is 6.07 Å². The summed E-state index contributed by atoms with van der Waals surface area (Å²) < 4.78 is 22.3. The van der Waals surface area contributed by atoms with Crippen LogP contribution in [0.1, 0.15) is 17.3 Å². The minimum atomic E-state index is -0.598. The van der Waals surface area contributed by atoms with Gasteiger partial charge in [-0.3, -0.25) is 4.79 Å². The maximum Gasteiger partial charge on any atom is 0.343 e. The van der Waals surface area contributed by atoms with Crippen LogP contribution in [0.15, 0.2) is 18.2 Å². The molecule has 86 valence electrons. The van der Waals surface area contributed by atoms with Crippen molar-refractivity contribution in [1.82, 2.24) is 0 Å². The highest BCUT2D eigenvalue weighted by Crippen LogP contribution is 2.20. The standard InChI is InChI=1S/C11H11FO4/c1-7(13)9-4-3-8(12)5-10(9)16-6-11(14)15-2/h3-5H,6H2,1-2H3. The zero-order valence-electron chi connectivity index (χ0n) is 8.95. The predicted molar refractivity (Wildman–Crippen MR) is 53.9 cm³/mol. The van der Waals surface area contributed by atoms with Gasteiger partial charge in [-0.1, -0.05) is 0 Å². The molecule has 0 heterocycles. The van der Waals surface area contributed by atoms with E-state index < -0.39 is 11.8 Å². The van der Waals surface area contributed by atoms with Crippen molar-refractivity contribution in [2.24, 2.45) is 0 Å². The molecule has 16 heavy (non-hydrogen) atoms. The van der Waals surface area contributed by atoms with Gasteiger partial charge in [-0.25, -0.2) is 9.18 Å². The molecule has 1 aromatic rings. The van der Waals surface area contributed by atoms with Gasteiger partial charge in [-0.2, -0.15) is 0 Å². The Balaban J connectivity index is 2.88. The minimum absolute atomic E-state index is 0.0397. The van der Waals surface area contributed by atoms with Crippen molar-refractivity contribution in [3.05, 3.63) is 29.6 Å². The zero-order valence-corrected chi connectivity index (χ0v) is 8.95. The first-order valence-electron chi connectivity index (χ1n) is 4.54. The molecule has 0 aliphatic carbocycles. The van der Waals surface area contributed by atoms with Crippen LogP contribution in [0, 0.1) is 5.82 Å². The monoisotopic (exact) mass is 226 g/mol. The average molecular weight is 226 g/mol. The Labute approximate surface area is 92.0 Å². The largest absolute Gasteiger partial charge is 0.481 e. The maximum absolute atomic E-state index is 12.9. The van der Waals surface area contributed by atoms with Crippen LogP contribution >= 0.6 is 0 Å². The van der Waals surface area contributed by atoms with Gasteiger partial charge in [0.25, 0.3) is 0 Å². The number of carbonyl (C=O) groups excluding carboxylic acids is 2. The van der Waals surface area contributed by atoms with Gasteiger partial charge in [0.05, 0.1) is 12.7 Å². The molecule has 0 saturated carbocycles. The van der Waals surface area contributed by atoms with E-state index in [2.05, 4.69) is 4.74 Å². The lowest BCUT2D eigenvalue weighted by Crippen LogP contribution is -2.14. The molecule has 0 fully saturated rings. The molecule has 0 atom stereocenters. The van der Waals surface area contributed by atoms with E-state index in [0.717, 1.165) is 12.1 Å². The van der Waals surface area contributed by atoms with Crippen LogP contribution in [0.25, 0.3) is 0 Å². The summed E-state index contributed by atoms with van der Waals surface area (Å²) in [5.74, 6) is -1.36. The molecule has 0 radical (unpaired) electrons. The van der Waals surface area contributed by atoms with E-state index in [1.807, 2.05) is 0 Å². The number of hydrogen-bond donors (Lipinski definition) is 0. The summed E-state index contributed by atoms with van der Waals surface area (Å²) in [6.45, 7) is 0.971. The van der Waals surface area contributed by atoms with E-state index >= 15 is 0 Å². The van der Waals surface area contributed by atoms with Crippen molar-refractivity contribution in [3.63, 3.8) is 0 Å². The first-order chi connectivity index (χ1) is 7.54. The van der Waals surface area contributed by atoms with Crippen LogP contribution in [-0.4, -0.2) is 25.5 Å². The Kier molecular flexibility index (Phi) is 3.99. The van der Waals surface area contributed by atoms with Crippen LogP contribution < -0.4 is 4.74 Å². The van der Waals surface area contributed by atoms with Crippen molar-refractivity contribution in [1.29, 1.82) is 0 Å². The van der Waals surface area contributed by atoms with E-state index in [1.54, 1.807) is 0 Å². The number of methoxy groups -OCH3 is 1. The summed E-state index contributed by atoms with van der Waals surface area (Å²) in [6, 6.07) is 3.52. The fourth-order valence-corrected chi connectivity index (χ4v) is 1.10. The summed E-state index contributed by atoms with van der Waals surface area (Å²) >= 11 is 0. The van der Waals surface area contributed by atoms with Gasteiger partial charge in [0.1, 0.15) is 11.6 Å². The number of benzene rings is 1. The van der Waals surface area contributed by atoms with E-state index in [4.69, 9.17) is 4.74 Å². The number of halogens is 1. The Morgan fingerprint density at radius 2 is 2.06 bits per heavy atom. The lowest BCUT2D eigenvalue weighted by molar-refractivity contribution is -0.142. The van der Waals surface area contributed by atoms with E-state index in [0.29, 0.717) is 0 Å². The van der Waals surface area contributed by atoms with Crippen molar-refractivity contribution >= 4 is 11.8 Å². The van der Waals surface area contributed by atoms with Crippen molar-refractivity contribution in [2.45, 2.75) is 6.92 Å². The number of Topliss-reactive ketones (excluding diaryl/α,β-unsaturated/α-hetero) is 1. The third kappa shape index (κ3) is 3.05. The number of rotatable bonds is 4. The SMILES string of the molecule is COC(=O)COc1cc(F)ccc1C(C)=O. The first kappa shape index (κ1) is 12.2. The number of ketones is 1. The predicted octanol–water partition coefficient (Wildman–Crippen LogP) is 1.58. The fourth-order valence-electron chi connectivity index (χ4n) is 1.10. The third-order valence-corrected chi connectivity index (χ3v) is 1.90. The molecule has 0 amide bonds. The van der Waals surface area contributed by atoms with Gasteiger partial charge in [-0.05, 0) is 19.1 Å². The Morgan fingerprint density at radius 1 is 1.38 bits per heavy atom. The van der Waals surface area contributed by atoms with E-state index in [-0.39, 0.29) is 23.7 Å². The van der Waals surface area contributed by atoms with Gasteiger partial charge in [0.2, 0.25) is 0 Å². The van der Waals surface area contributed by atoms with Crippen LogP contribution in [0.4, 0.5) is 4.39 Å². The molecule has 0 aliphatic heterocycles. The average Bonchev–Trinajstić information content (AvgIpc) is 2.25. The molecule has 1 aromatic carbocycles. The second-order valence-corrected chi connectivity index (χ2v) is 3.06. The van der Waals surface area contributed by atoms with Crippen LogP contribution in [0.2, 0.25) is 0 Å². The van der Waals surface area contributed by atoms with E-state index in [9.17, 15) is 14.0 Å². The minimum Gasteiger partial charge on any atom is -0.481 e. The highest BCUT2D eigenvalue weighted by Gasteiger charge is 2.11. The summed E-state index contributed by atoms with van der Waals surface area (Å²) in [5.41, 5.74) is 0.227. The number of esters is 1. The Bertz CT molecular complexity index is 414. The molecular formula is C11H11FO4. The molecule has 1 rings (SSSR count). The van der Waals surface area contributed by atoms with Crippen molar-refractivity contribution in [3.8, 4) is 5.75 Å². The second kappa shape index (κ2) is 5.25. The lowest BCUT2D eigenvalue weighted by Gasteiger charge is -2.08. The molecule has 5 heteroatoms. The number of carbonyl (C=O) groups is 2. The molecule has 0 bridgehead atoms. The number of hydrogen-bond acceptors (Lipinski definition) is 4. The normalized spacial score (nSPS) is 9.69. The van der Waals surface area contributed by atoms with Gasteiger partial charge < -0.3 is 9.47 Å². The fraction of sp³-hybridized carbons (Fsp3) is 0.273. The van der Waals surface area contributed by atoms with Gasteiger partial charge >= 0.3 is 5.97 Å². The van der Waals surface area contributed by atoms with Crippen LogP contribution in [0.5, 0.6) is 5.75 Å². The Morgan fingerprint density at radius 3 is 2.62 bits per heavy atom. The molecule has 0 aromatic heterocycles. The molecule has 0 unspecified atom stereocenters. The summed E-state index contributed by atoms with van der Waals surface area (Å²) in [6.07, 6.45) is 0. The first-order valence-corrected chi connectivity index (χ1v) is 4.54. The van der Waals surface area contributed by atoms with E-state index in [1.165, 1.54) is 20.1 Å². The second-order valence-electron chi connectivity index (χ2n) is 3.06. The van der Waals surface area contributed by atoms with Gasteiger partial charge in [0.15, 0.2) is 12.4 Å². The number of ether oxygens (including phenoxy) is 2. The quantitative estimate of drug-likeness (QED) is 0.577. The topological polar surface area (TPSA) is 52.6 Å². The summed E-state index contributed by atoms with van der Waals surface area (Å²) in [4.78, 5) is 22.0. The maximum atomic E-state index is 12.9. The highest BCUT2D eigenvalue weighted by molar-refractivity contribution is 5.96. The van der Waals surface area contributed by atoms with Crippen molar-refractivity contribution in [2.75, 3.05) is 13.7 Å². The Hall–Kier alpha value is -1.91. The lowest BCUT2D eigenvalue weighted by atomic mass is 10.1. The molecule has 0 spiro atoms. The third-order valence-electron chi connectivity index (χ3n) is 1.90. The molecule has 4 nitrogen and oxygen atoms in total. The molecule has 0 saturated heterocycles. The van der Waals surface area contributed by atoms with Crippen LogP contribution in [-0.2, 0) is 9.53 Å². The summed E-state index contributed by atoms with van der Waals surface area (Å²) in [7, 11) is 1.21. The summed E-state index contributed by atoms with van der Waals surface area (Å²) in [5, 5.41) is 0. The van der Waals surface area contributed by atoms with Crippen LogP contribution in [0.3, 0.4) is 0 Å². The van der Waals surface area contributed by atoms with Gasteiger partial charge in [-0.15, -0.1) is 0 Å².